The number of hydrogen-bond acceptors (Lipinski definition) is 3. The molecule has 0 unspecified atom stereocenters. The van der Waals surface area contributed by atoms with Gasteiger partial charge in [-0.15, -0.1) is 0 Å². The van der Waals surface area contributed by atoms with E-state index in [9.17, 15) is 0 Å². The fraction of sp³-hybridized carbons (Fsp3) is 0.474. The van der Waals surface area contributed by atoms with Crippen molar-refractivity contribution in [1.82, 2.24) is 24.4 Å². The first kappa shape index (κ1) is 15.4. The fourth-order valence-corrected chi connectivity index (χ4v) is 3.66. The van der Waals surface area contributed by atoms with Crippen molar-refractivity contribution in [3.63, 3.8) is 0 Å². The first-order chi connectivity index (χ1) is 11.7. The Labute approximate surface area is 142 Å². The first-order valence-electron chi connectivity index (χ1n) is 8.85. The van der Waals surface area contributed by atoms with E-state index in [0.717, 1.165) is 37.5 Å². The van der Waals surface area contributed by atoms with Crippen LogP contribution in [0.4, 0.5) is 0 Å². The van der Waals surface area contributed by atoms with Crippen LogP contribution in [-0.4, -0.2) is 44.1 Å². The molecule has 126 valence electrons. The molecule has 0 radical (unpaired) electrons. The summed E-state index contributed by atoms with van der Waals surface area (Å²) in [6, 6.07) is 6.44. The fourth-order valence-electron chi connectivity index (χ4n) is 3.66. The molecular weight excluding hydrogens is 298 g/mol. The summed E-state index contributed by atoms with van der Waals surface area (Å²) in [5.41, 5.74) is 3.54. The number of H-pyrrole nitrogens is 1. The van der Waals surface area contributed by atoms with Crippen LogP contribution in [0.25, 0.3) is 11.0 Å². The number of hydrogen-bond donors (Lipinski definition) is 1. The third-order valence-corrected chi connectivity index (χ3v) is 5.21. The van der Waals surface area contributed by atoms with Gasteiger partial charge in [0.25, 0.3) is 0 Å². The minimum Gasteiger partial charge on any atom is -0.342 e. The van der Waals surface area contributed by atoms with Crippen LogP contribution in [0.3, 0.4) is 0 Å². The molecule has 0 aliphatic carbocycles. The van der Waals surface area contributed by atoms with E-state index < -0.39 is 0 Å². The predicted molar refractivity (Wildman–Crippen MR) is 96.2 cm³/mol. The van der Waals surface area contributed by atoms with Crippen molar-refractivity contribution < 1.29 is 0 Å². The van der Waals surface area contributed by atoms with Crippen molar-refractivity contribution in [2.75, 3.05) is 19.6 Å². The van der Waals surface area contributed by atoms with Crippen molar-refractivity contribution in [2.24, 2.45) is 0 Å². The molecule has 5 heteroatoms. The lowest BCUT2D eigenvalue weighted by atomic mass is 9.96. The molecule has 1 N–H and O–H groups in total. The van der Waals surface area contributed by atoms with Crippen LogP contribution in [0, 0.1) is 13.8 Å². The van der Waals surface area contributed by atoms with Crippen molar-refractivity contribution in [3.8, 4) is 0 Å². The Hall–Kier alpha value is -2.14. The van der Waals surface area contributed by atoms with E-state index in [-0.39, 0.29) is 0 Å². The van der Waals surface area contributed by atoms with E-state index >= 15 is 0 Å². The summed E-state index contributed by atoms with van der Waals surface area (Å²) in [5, 5.41) is 0. The minimum atomic E-state index is 0.559. The molecular formula is C19H25N5. The highest BCUT2D eigenvalue weighted by Gasteiger charge is 2.23. The van der Waals surface area contributed by atoms with Gasteiger partial charge in [0.15, 0.2) is 0 Å². The second-order valence-corrected chi connectivity index (χ2v) is 6.93. The summed E-state index contributed by atoms with van der Waals surface area (Å²) in [5.74, 6) is 2.83. The van der Waals surface area contributed by atoms with Gasteiger partial charge in [-0.3, -0.25) is 0 Å². The number of aromatic nitrogens is 4. The van der Waals surface area contributed by atoms with Crippen molar-refractivity contribution in [1.29, 1.82) is 0 Å². The van der Waals surface area contributed by atoms with E-state index in [0.29, 0.717) is 5.92 Å². The molecule has 0 spiro atoms. The highest BCUT2D eigenvalue weighted by molar-refractivity contribution is 5.75. The number of likely N-dealkylation sites (tertiary alicyclic amines) is 1. The Balaban J connectivity index is 1.35. The zero-order chi connectivity index (χ0) is 16.5. The normalized spacial score (nSPS) is 16.9. The van der Waals surface area contributed by atoms with E-state index in [1.54, 1.807) is 0 Å². The highest BCUT2D eigenvalue weighted by Crippen LogP contribution is 2.27. The Morgan fingerprint density at radius 2 is 2.00 bits per heavy atom. The Kier molecular flexibility index (Phi) is 4.10. The van der Waals surface area contributed by atoms with Crippen LogP contribution < -0.4 is 0 Å². The molecule has 3 aromatic rings. The third kappa shape index (κ3) is 3.08. The van der Waals surface area contributed by atoms with Crippen LogP contribution in [0.5, 0.6) is 0 Å². The van der Waals surface area contributed by atoms with Crippen LogP contribution in [0.15, 0.2) is 30.6 Å². The van der Waals surface area contributed by atoms with Gasteiger partial charge in [-0.2, -0.15) is 0 Å². The highest BCUT2D eigenvalue weighted by atomic mass is 15.2. The van der Waals surface area contributed by atoms with E-state index in [2.05, 4.69) is 57.7 Å². The average Bonchev–Trinajstić information content (AvgIpc) is 3.19. The lowest BCUT2D eigenvalue weighted by Crippen LogP contribution is -2.35. The molecule has 1 aliphatic rings. The number of benzene rings is 1. The molecule has 0 atom stereocenters. The lowest BCUT2D eigenvalue weighted by molar-refractivity contribution is 0.202. The molecule has 4 rings (SSSR count). The molecule has 3 heterocycles. The van der Waals surface area contributed by atoms with Crippen LogP contribution in [0.2, 0.25) is 0 Å². The van der Waals surface area contributed by atoms with Crippen molar-refractivity contribution >= 4 is 11.0 Å². The van der Waals surface area contributed by atoms with Gasteiger partial charge in [0.2, 0.25) is 0 Å². The monoisotopic (exact) mass is 323 g/mol. The Morgan fingerprint density at radius 1 is 1.17 bits per heavy atom. The Bertz CT molecular complexity index is 823. The van der Waals surface area contributed by atoms with E-state index in [4.69, 9.17) is 4.98 Å². The molecule has 0 saturated carbocycles. The predicted octanol–water partition coefficient (Wildman–Crippen LogP) is 3.26. The number of nitrogens with one attached hydrogen (secondary N) is 1. The summed E-state index contributed by atoms with van der Waals surface area (Å²) < 4.78 is 2.23. The van der Waals surface area contributed by atoms with Gasteiger partial charge in [-0.05, 0) is 57.5 Å². The van der Waals surface area contributed by atoms with Gasteiger partial charge >= 0.3 is 0 Å². The van der Waals surface area contributed by atoms with E-state index in [1.165, 1.54) is 29.7 Å². The average molecular weight is 323 g/mol. The molecule has 5 nitrogen and oxygen atoms in total. The number of imidazole rings is 2. The lowest BCUT2D eigenvalue weighted by Gasteiger charge is -2.31. The number of fused-ring (bicyclic) bond motifs is 1. The molecule has 24 heavy (non-hydrogen) atoms. The summed E-state index contributed by atoms with van der Waals surface area (Å²) in [7, 11) is 0. The first-order valence-corrected chi connectivity index (χ1v) is 8.85. The van der Waals surface area contributed by atoms with Crippen LogP contribution in [-0.2, 0) is 6.54 Å². The van der Waals surface area contributed by atoms with Gasteiger partial charge in [0.05, 0.1) is 11.0 Å². The maximum atomic E-state index is 4.81. The topological polar surface area (TPSA) is 49.7 Å². The van der Waals surface area contributed by atoms with Crippen LogP contribution in [0.1, 0.15) is 36.0 Å². The molecule has 1 fully saturated rings. The Morgan fingerprint density at radius 3 is 2.75 bits per heavy atom. The summed E-state index contributed by atoms with van der Waals surface area (Å²) >= 11 is 0. The third-order valence-electron chi connectivity index (χ3n) is 5.21. The number of aromatic amines is 1. The standard InChI is InChI=1S/C19H25N5/c1-14-3-4-17-18(13-14)22-19(21-17)16-5-8-23(9-6-16)11-12-24-10-7-20-15(24)2/h3-4,7,10,13,16H,5-6,8-9,11-12H2,1-2H3,(H,21,22). The maximum Gasteiger partial charge on any atom is 0.110 e. The second-order valence-electron chi connectivity index (χ2n) is 6.93. The largest absolute Gasteiger partial charge is 0.342 e. The van der Waals surface area contributed by atoms with E-state index in [1.807, 2.05) is 6.20 Å². The zero-order valence-corrected chi connectivity index (χ0v) is 14.5. The second kappa shape index (κ2) is 6.40. The number of nitrogens with zero attached hydrogens (tertiary/aromatic N) is 4. The molecule has 1 aromatic carbocycles. The van der Waals surface area contributed by atoms with Gasteiger partial charge in [0, 0.05) is 31.4 Å². The van der Waals surface area contributed by atoms with Gasteiger partial charge in [-0.25, -0.2) is 9.97 Å². The zero-order valence-electron chi connectivity index (χ0n) is 14.5. The molecule has 2 aromatic heterocycles. The minimum absolute atomic E-state index is 0.559. The molecule has 0 bridgehead atoms. The smallest absolute Gasteiger partial charge is 0.110 e. The van der Waals surface area contributed by atoms with Crippen molar-refractivity contribution in [3.05, 3.63) is 47.8 Å². The van der Waals surface area contributed by atoms with Gasteiger partial charge in [0.1, 0.15) is 11.6 Å². The summed E-state index contributed by atoms with van der Waals surface area (Å²) in [6.45, 7) is 8.61. The van der Waals surface area contributed by atoms with Gasteiger partial charge in [-0.1, -0.05) is 6.07 Å². The molecule has 1 aliphatic heterocycles. The number of piperidine rings is 1. The molecule has 1 saturated heterocycles. The van der Waals surface area contributed by atoms with Gasteiger partial charge < -0.3 is 14.5 Å². The molecule has 0 amide bonds. The van der Waals surface area contributed by atoms with Crippen LogP contribution >= 0.6 is 0 Å². The quantitative estimate of drug-likeness (QED) is 0.802. The number of aryl methyl sites for hydroxylation is 2. The number of rotatable bonds is 4. The maximum absolute atomic E-state index is 4.81. The SMILES string of the molecule is Cc1ccc2nc(C3CCN(CCn4ccnc4C)CC3)[nH]c2c1. The summed E-state index contributed by atoms with van der Waals surface area (Å²) in [4.78, 5) is 15.2. The van der Waals surface area contributed by atoms with Crippen molar-refractivity contribution in [2.45, 2.75) is 39.2 Å². The summed E-state index contributed by atoms with van der Waals surface area (Å²) in [6.07, 6.45) is 6.31.